The van der Waals surface area contributed by atoms with Gasteiger partial charge in [0.25, 0.3) is 0 Å². The second-order valence-electron chi connectivity index (χ2n) is 1.80. The lowest BCUT2D eigenvalue weighted by Gasteiger charge is -1.92. The standard InChI is InChI=1S/C7H8BrP.2BrH2P/c8-9-6-7-4-2-1-3-5-7;2*1-2/h1-5,9H,6H2;2*2H2. The Kier molecular flexibility index (Phi) is 21.9. The van der Waals surface area contributed by atoms with Gasteiger partial charge in [0.15, 0.2) is 0 Å². The van der Waals surface area contributed by atoms with Crippen LogP contribution in [0.2, 0.25) is 0 Å². The van der Waals surface area contributed by atoms with E-state index in [0.29, 0.717) is 0 Å². The van der Waals surface area contributed by atoms with E-state index in [1.165, 1.54) is 5.56 Å². The molecule has 13 heavy (non-hydrogen) atoms. The van der Waals surface area contributed by atoms with Crippen LogP contribution in [0, 0.1) is 0 Å². The molecule has 0 radical (unpaired) electrons. The van der Waals surface area contributed by atoms with Crippen LogP contribution in [0.15, 0.2) is 30.3 Å². The monoisotopic (exact) mass is 426 g/mol. The lowest BCUT2D eigenvalue weighted by Crippen LogP contribution is -1.72. The number of halogens is 3. The second-order valence-corrected chi connectivity index (χ2v) is 4.10. The fourth-order valence-electron chi connectivity index (χ4n) is 0.673. The Morgan fingerprint density at radius 3 is 1.85 bits per heavy atom. The third-order valence-corrected chi connectivity index (χ3v) is 2.50. The summed E-state index contributed by atoms with van der Waals surface area (Å²) >= 11 is 9.12. The Bertz CT molecular complexity index is 172. The highest BCUT2D eigenvalue weighted by Crippen LogP contribution is 2.24. The molecule has 0 aromatic heterocycles. The fraction of sp³-hybridized carbons (Fsp3) is 0.143. The Labute approximate surface area is 111 Å². The highest BCUT2D eigenvalue weighted by atomic mass is 79.9. The van der Waals surface area contributed by atoms with Gasteiger partial charge in [0.1, 0.15) is 0 Å². The molecule has 0 saturated carbocycles. The molecule has 1 aromatic carbocycles. The van der Waals surface area contributed by atoms with Gasteiger partial charge in [0.05, 0.1) is 0 Å². The van der Waals surface area contributed by atoms with Gasteiger partial charge in [-0.2, -0.15) is 0 Å². The first kappa shape index (κ1) is 17.3. The Morgan fingerprint density at radius 2 is 1.46 bits per heavy atom. The first-order valence-electron chi connectivity index (χ1n) is 3.24. The molecule has 0 nitrogen and oxygen atoms in total. The van der Waals surface area contributed by atoms with E-state index >= 15 is 0 Å². The van der Waals surface area contributed by atoms with Crippen LogP contribution in [0.1, 0.15) is 5.56 Å². The van der Waals surface area contributed by atoms with E-state index in [4.69, 9.17) is 0 Å². The summed E-state index contributed by atoms with van der Waals surface area (Å²) in [4.78, 5) is 0. The molecule has 0 aliphatic carbocycles. The van der Waals surface area contributed by atoms with Crippen molar-refractivity contribution in [1.82, 2.24) is 0 Å². The van der Waals surface area contributed by atoms with Gasteiger partial charge in [-0.05, 0) is 19.0 Å². The van der Waals surface area contributed by atoms with E-state index in [1.807, 2.05) is 6.07 Å². The molecule has 1 rings (SSSR count). The first-order valence-corrected chi connectivity index (χ1v) is 13.1. The minimum Gasteiger partial charge on any atom is -0.0679 e. The maximum atomic E-state index is 3.41. The second kappa shape index (κ2) is 16.4. The molecule has 0 N–H and O–H groups in total. The van der Waals surface area contributed by atoms with Gasteiger partial charge in [-0.1, -0.05) is 92.7 Å². The number of rotatable bonds is 2. The normalized spacial score (nSPS) is 8.38. The Morgan fingerprint density at radius 1 is 1.00 bits per heavy atom. The zero-order valence-electron chi connectivity index (χ0n) is 6.88. The zero-order valence-corrected chi connectivity index (χ0v) is 14.9. The van der Waals surface area contributed by atoms with Crippen molar-refractivity contribution in [2.24, 2.45) is 0 Å². The lowest BCUT2D eigenvalue weighted by molar-refractivity contribution is 1.42. The van der Waals surface area contributed by atoms with E-state index < -0.39 is 0 Å². The number of hydrogen-bond acceptors (Lipinski definition) is 0. The molecule has 0 aliphatic heterocycles. The highest BCUT2D eigenvalue weighted by molar-refractivity contribution is 9.36. The van der Waals surface area contributed by atoms with Crippen molar-refractivity contribution < 1.29 is 0 Å². The van der Waals surface area contributed by atoms with Gasteiger partial charge in [0, 0.05) is 0 Å². The van der Waals surface area contributed by atoms with Gasteiger partial charge < -0.3 is 0 Å². The van der Waals surface area contributed by atoms with Crippen LogP contribution in [-0.4, -0.2) is 0 Å². The molecule has 3 unspecified atom stereocenters. The molecule has 0 bridgehead atoms. The van der Waals surface area contributed by atoms with Crippen LogP contribution < -0.4 is 0 Å². The molecule has 0 saturated heterocycles. The van der Waals surface area contributed by atoms with Crippen LogP contribution in [0.25, 0.3) is 0 Å². The van der Waals surface area contributed by atoms with Gasteiger partial charge in [0.2, 0.25) is 0 Å². The molecule has 0 aliphatic rings. The van der Waals surface area contributed by atoms with Crippen LogP contribution in [0.3, 0.4) is 0 Å². The van der Waals surface area contributed by atoms with Crippen LogP contribution >= 0.6 is 69.6 Å². The molecule has 76 valence electrons. The molecule has 3 atom stereocenters. The number of benzene rings is 1. The SMILES string of the molecule is BrPCc1ccccc1.PBr.PBr. The maximum Gasteiger partial charge on any atom is -0.000202 e. The molecular weight excluding hydrogens is 417 g/mol. The van der Waals surface area contributed by atoms with Gasteiger partial charge >= 0.3 is 0 Å². The zero-order chi connectivity index (χ0) is 10.5. The van der Waals surface area contributed by atoms with Gasteiger partial charge in [-0.25, -0.2) is 0 Å². The van der Waals surface area contributed by atoms with E-state index in [1.54, 1.807) is 0 Å². The summed E-state index contributed by atoms with van der Waals surface area (Å²) in [5.74, 6) is 0. The summed E-state index contributed by atoms with van der Waals surface area (Å²) in [5, 5.41) is 0. The summed E-state index contributed by atoms with van der Waals surface area (Å²) < 4.78 is 0. The summed E-state index contributed by atoms with van der Waals surface area (Å²) in [7, 11) is 5.31. The van der Waals surface area contributed by atoms with E-state index in [-0.39, 0.29) is 0 Å². The van der Waals surface area contributed by atoms with Crippen molar-refractivity contribution in [2.45, 2.75) is 6.16 Å². The quantitative estimate of drug-likeness (QED) is 0.544. The van der Waals surface area contributed by atoms with Crippen LogP contribution in [-0.2, 0) is 6.16 Å². The minimum atomic E-state index is 0.848. The van der Waals surface area contributed by atoms with Gasteiger partial charge in [-0.3, -0.25) is 0 Å². The summed E-state index contributed by atoms with van der Waals surface area (Å²) in [6.45, 7) is 0. The summed E-state index contributed by atoms with van der Waals surface area (Å²) in [6.07, 6.45) is 1.15. The third kappa shape index (κ3) is 11.9. The molecule has 6 heteroatoms. The summed E-state index contributed by atoms with van der Waals surface area (Å²) in [6, 6.07) is 10.5. The Balaban J connectivity index is 0. The van der Waals surface area contributed by atoms with Crippen LogP contribution in [0.5, 0.6) is 0 Å². The largest absolute Gasteiger partial charge is 0.0679 e. The molecular formula is C7H12Br3P3. The smallest absolute Gasteiger partial charge is 0.000202 e. The van der Waals surface area contributed by atoms with Crippen LogP contribution in [0.4, 0.5) is 0 Å². The van der Waals surface area contributed by atoms with Crippen molar-refractivity contribution in [3.05, 3.63) is 35.9 Å². The average molecular weight is 429 g/mol. The van der Waals surface area contributed by atoms with Crippen molar-refractivity contribution in [3.63, 3.8) is 0 Å². The Hall–Kier alpha value is 1.95. The highest BCUT2D eigenvalue weighted by Gasteiger charge is 1.85. The van der Waals surface area contributed by atoms with E-state index in [9.17, 15) is 0 Å². The van der Waals surface area contributed by atoms with Crippen molar-refractivity contribution in [2.75, 3.05) is 0 Å². The van der Waals surface area contributed by atoms with E-state index in [2.05, 4.69) is 86.6 Å². The topological polar surface area (TPSA) is 0 Å². The molecule has 0 spiro atoms. The van der Waals surface area contributed by atoms with Gasteiger partial charge in [-0.15, -0.1) is 0 Å². The van der Waals surface area contributed by atoms with Crippen molar-refractivity contribution in [1.29, 1.82) is 0 Å². The molecule has 0 fully saturated rings. The number of hydrogen-bond donors (Lipinski definition) is 0. The lowest BCUT2D eigenvalue weighted by atomic mass is 10.2. The predicted molar refractivity (Wildman–Crippen MR) is 84.7 cm³/mol. The third-order valence-electron chi connectivity index (χ3n) is 1.11. The fourth-order valence-corrected chi connectivity index (χ4v) is 2.03. The molecule has 1 aromatic rings. The minimum absolute atomic E-state index is 0.848. The predicted octanol–water partition coefficient (Wildman–Crippen LogP) is 5.52. The summed E-state index contributed by atoms with van der Waals surface area (Å²) in [5.41, 5.74) is 1.41. The van der Waals surface area contributed by atoms with Crippen molar-refractivity contribution in [3.8, 4) is 0 Å². The average Bonchev–Trinajstić information content (AvgIpc) is 2.26. The molecule has 0 amide bonds. The van der Waals surface area contributed by atoms with Crippen molar-refractivity contribution >= 4 is 69.6 Å². The van der Waals surface area contributed by atoms with E-state index in [0.717, 1.165) is 13.4 Å². The first-order chi connectivity index (χ1) is 6.43. The molecule has 0 heterocycles. The maximum absolute atomic E-state index is 3.41.